The number of furan rings is 1. The molecule has 7 aromatic carbocycles. The summed E-state index contributed by atoms with van der Waals surface area (Å²) in [6.07, 6.45) is 11.6. The van der Waals surface area contributed by atoms with Gasteiger partial charge in [0.1, 0.15) is 11.2 Å². The highest BCUT2D eigenvalue weighted by Gasteiger charge is 2.28. The van der Waals surface area contributed by atoms with Gasteiger partial charge in [-0.15, -0.1) is 0 Å². The third kappa shape index (κ3) is 5.26. The van der Waals surface area contributed by atoms with Crippen molar-refractivity contribution in [3.63, 3.8) is 0 Å². The minimum atomic E-state index is 0.440. The zero-order valence-corrected chi connectivity index (χ0v) is 31.9. The van der Waals surface area contributed by atoms with Crippen molar-refractivity contribution in [2.75, 3.05) is 0 Å². The summed E-state index contributed by atoms with van der Waals surface area (Å²) in [7, 11) is 0. The lowest BCUT2D eigenvalue weighted by molar-refractivity contribution is 0.576. The molecule has 2 aliphatic carbocycles. The molecular weight excluding hydrogens is 693 g/mol. The van der Waals surface area contributed by atoms with Crippen LogP contribution in [0, 0.1) is 0 Å². The van der Waals surface area contributed by atoms with E-state index in [4.69, 9.17) is 4.42 Å². The molecule has 0 fully saturated rings. The smallest absolute Gasteiger partial charge is 0.135 e. The maximum absolute atomic E-state index is 6.21. The largest absolute Gasteiger partial charge is 0.456 e. The Bertz CT molecular complexity index is 3210. The Morgan fingerprint density at radius 1 is 0.491 bits per heavy atom. The zero-order chi connectivity index (χ0) is 37.5. The van der Waals surface area contributed by atoms with Crippen LogP contribution in [0.1, 0.15) is 59.9 Å². The highest BCUT2D eigenvalue weighted by molar-refractivity contribution is 6.10. The molecular formula is C54H42N2O. The van der Waals surface area contributed by atoms with Crippen LogP contribution >= 0.6 is 0 Å². The number of aromatic nitrogens is 2. The zero-order valence-electron chi connectivity index (χ0n) is 31.9. The summed E-state index contributed by atoms with van der Waals surface area (Å²) in [6.45, 7) is 0. The van der Waals surface area contributed by atoms with Gasteiger partial charge in [0.15, 0.2) is 0 Å². The lowest BCUT2D eigenvalue weighted by atomic mass is 9.81. The molecule has 57 heavy (non-hydrogen) atoms. The van der Waals surface area contributed by atoms with Crippen LogP contribution in [0.5, 0.6) is 0 Å². The number of fused-ring (bicyclic) bond motifs is 9. The third-order valence-electron chi connectivity index (χ3n) is 13.0. The molecule has 12 rings (SSSR count). The van der Waals surface area contributed by atoms with Gasteiger partial charge in [-0.1, -0.05) is 109 Å². The van der Waals surface area contributed by atoms with Crippen molar-refractivity contribution in [3.8, 4) is 22.5 Å². The van der Waals surface area contributed by atoms with Crippen molar-refractivity contribution in [1.29, 1.82) is 0 Å². The highest BCUT2D eigenvalue weighted by atomic mass is 16.3. The molecule has 0 radical (unpaired) electrons. The van der Waals surface area contributed by atoms with Gasteiger partial charge in [0.05, 0.1) is 16.6 Å². The number of para-hydroxylation sites is 3. The first-order valence-electron chi connectivity index (χ1n) is 20.7. The van der Waals surface area contributed by atoms with E-state index in [1.165, 1.54) is 108 Å². The standard InChI is InChI=1S/C54H42N2O/c1-3-13-35(14-4-1)39-29-40(36-15-5-2-6-16-36)31-42(30-39)56-50-21-11-8-18-44(50)47-33-38(24-27-52(47)56)37-23-26-51-46(32-37)43-17-7-10-20-49(43)55(51)41-25-28-54-48(34-41)45-19-9-12-22-53(45)57-54/h1,3-5,7-15,17-22,24-25,27-31,33-34,36-37H,2,6,16,23,26,32H2. The summed E-state index contributed by atoms with van der Waals surface area (Å²) in [5.74, 6) is 0.881. The SMILES string of the molecule is C1=CC(c2cc(-c3ccccc3)cc(-n3c4ccccc4c4cc(C5CCc6c(c7ccccc7n6-c6ccc7oc8ccccc8c7c6)C5)ccc43)c2)CCC1. The Morgan fingerprint density at radius 2 is 1.25 bits per heavy atom. The Hall–Kier alpha value is -6.58. The van der Waals surface area contributed by atoms with E-state index >= 15 is 0 Å². The minimum Gasteiger partial charge on any atom is -0.456 e. The number of benzene rings is 7. The lowest BCUT2D eigenvalue weighted by Gasteiger charge is -2.25. The van der Waals surface area contributed by atoms with Gasteiger partial charge < -0.3 is 13.6 Å². The summed E-state index contributed by atoms with van der Waals surface area (Å²) in [5, 5.41) is 6.36. The normalized spacial score (nSPS) is 17.0. The Labute approximate surface area is 332 Å². The highest BCUT2D eigenvalue weighted by Crippen LogP contribution is 2.43. The summed E-state index contributed by atoms with van der Waals surface area (Å²) in [4.78, 5) is 0. The van der Waals surface area contributed by atoms with Crippen molar-refractivity contribution >= 4 is 54.6 Å². The summed E-state index contributed by atoms with van der Waals surface area (Å²) in [6, 6.07) is 58.6. The molecule has 0 bridgehead atoms. The van der Waals surface area contributed by atoms with Crippen LogP contribution in [0.25, 0.3) is 77.1 Å². The van der Waals surface area contributed by atoms with Crippen molar-refractivity contribution in [2.45, 2.75) is 50.4 Å². The number of hydrogen-bond donors (Lipinski definition) is 0. The fraction of sp³-hybridized carbons (Fsp3) is 0.148. The molecule has 2 aliphatic rings. The molecule has 274 valence electrons. The molecule has 3 nitrogen and oxygen atoms in total. The predicted octanol–water partition coefficient (Wildman–Crippen LogP) is 14.4. The summed E-state index contributed by atoms with van der Waals surface area (Å²) < 4.78 is 11.3. The number of nitrogens with zero attached hydrogens (tertiary/aromatic N) is 2. The second-order valence-corrected chi connectivity index (χ2v) is 16.3. The van der Waals surface area contributed by atoms with Crippen molar-refractivity contribution in [3.05, 3.63) is 192 Å². The third-order valence-corrected chi connectivity index (χ3v) is 13.0. The van der Waals surface area contributed by atoms with E-state index in [0.29, 0.717) is 11.8 Å². The Balaban J connectivity index is 0.965. The fourth-order valence-corrected chi connectivity index (χ4v) is 10.3. The molecule has 2 unspecified atom stereocenters. The molecule has 3 heterocycles. The van der Waals surface area contributed by atoms with E-state index in [-0.39, 0.29) is 0 Å². The van der Waals surface area contributed by atoms with E-state index in [9.17, 15) is 0 Å². The van der Waals surface area contributed by atoms with E-state index in [1.54, 1.807) is 0 Å². The molecule has 0 spiro atoms. The Morgan fingerprint density at radius 3 is 2.11 bits per heavy atom. The fourth-order valence-electron chi connectivity index (χ4n) is 10.3. The second-order valence-electron chi connectivity index (χ2n) is 16.3. The van der Waals surface area contributed by atoms with Crippen LogP contribution in [-0.4, -0.2) is 9.13 Å². The van der Waals surface area contributed by atoms with Crippen LogP contribution in [0.15, 0.2) is 174 Å². The second kappa shape index (κ2) is 13.0. The van der Waals surface area contributed by atoms with E-state index in [1.807, 2.05) is 6.07 Å². The van der Waals surface area contributed by atoms with Crippen molar-refractivity contribution in [1.82, 2.24) is 9.13 Å². The van der Waals surface area contributed by atoms with Gasteiger partial charge in [0, 0.05) is 49.9 Å². The van der Waals surface area contributed by atoms with Crippen molar-refractivity contribution < 1.29 is 4.42 Å². The molecule has 0 N–H and O–H groups in total. The first-order chi connectivity index (χ1) is 28.2. The van der Waals surface area contributed by atoms with Crippen molar-refractivity contribution in [2.24, 2.45) is 0 Å². The first-order valence-corrected chi connectivity index (χ1v) is 20.7. The van der Waals surface area contributed by atoms with Crippen LogP contribution in [0.3, 0.4) is 0 Å². The molecule has 3 heteroatoms. The van der Waals surface area contributed by atoms with E-state index in [2.05, 4.69) is 173 Å². The molecule has 2 atom stereocenters. The van der Waals surface area contributed by atoms with Gasteiger partial charge in [-0.3, -0.25) is 0 Å². The monoisotopic (exact) mass is 734 g/mol. The van der Waals surface area contributed by atoms with E-state index < -0.39 is 0 Å². The number of hydrogen-bond acceptors (Lipinski definition) is 1. The minimum absolute atomic E-state index is 0.440. The van der Waals surface area contributed by atoms with Gasteiger partial charge in [-0.25, -0.2) is 0 Å². The average molecular weight is 735 g/mol. The van der Waals surface area contributed by atoms with Gasteiger partial charge >= 0.3 is 0 Å². The lowest BCUT2D eigenvalue weighted by Crippen LogP contribution is -2.14. The predicted molar refractivity (Wildman–Crippen MR) is 237 cm³/mol. The molecule has 3 aromatic heterocycles. The van der Waals surface area contributed by atoms with Gasteiger partial charge in [-0.2, -0.15) is 0 Å². The molecule has 0 amide bonds. The number of allylic oxidation sites excluding steroid dienone is 2. The van der Waals surface area contributed by atoms with Gasteiger partial charge in [0.2, 0.25) is 0 Å². The van der Waals surface area contributed by atoms with Crippen LogP contribution in [-0.2, 0) is 12.8 Å². The van der Waals surface area contributed by atoms with Gasteiger partial charge in [-0.05, 0) is 133 Å². The molecule has 0 aliphatic heterocycles. The summed E-state index contributed by atoms with van der Waals surface area (Å²) >= 11 is 0. The maximum atomic E-state index is 6.21. The topological polar surface area (TPSA) is 23.0 Å². The molecule has 0 saturated heterocycles. The summed E-state index contributed by atoms with van der Waals surface area (Å²) in [5.41, 5.74) is 16.4. The average Bonchev–Trinajstić information content (AvgIpc) is 3.94. The molecule has 0 saturated carbocycles. The Kier molecular flexibility index (Phi) is 7.44. The molecule has 10 aromatic rings. The van der Waals surface area contributed by atoms with Crippen LogP contribution in [0.2, 0.25) is 0 Å². The van der Waals surface area contributed by atoms with Crippen LogP contribution in [0.4, 0.5) is 0 Å². The first kappa shape index (κ1) is 32.6. The van der Waals surface area contributed by atoms with Gasteiger partial charge in [0.25, 0.3) is 0 Å². The number of rotatable bonds is 5. The van der Waals surface area contributed by atoms with Crippen LogP contribution < -0.4 is 0 Å². The van der Waals surface area contributed by atoms with E-state index in [0.717, 1.165) is 30.4 Å². The quantitative estimate of drug-likeness (QED) is 0.161. The maximum Gasteiger partial charge on any atom is 0.135 e.